The molecule has 1 aliphatic heterocycles. The maximum absolute atomic E-state index is 9.67. The third-order valence-electron chi connectivity index (χ3n) is 0.882. The Bertz CT molecular complexity index is 142. The van der Waals surface area contributed by atoms with Crippen LogP contribution in [0.1, 0.15) is 0 Å². The second kappa shape index (κ2) is 5.76. The summed E-state index contributed by atoms with van der Waals surface area (Å²) >= 11 is 0. The molecule has 5 heteroatoms. The van der Waals surface area contributed by atoms with E-state index in [1.54, 1.807) is 6.20 Å². The Morgan fingerprint density at radius 3 is 2.18 bits per heavy atom. The van der Waals surface area contributed by atoms with Gasteiger partial charge in [0.1, 0.15) is 0 Å². The van der Waals surface area contributed by atoms with Crippen molar-refractivity contribution in [3.8, 4) is 0 Å². The minimum atomic E-state index is -3.67. The van der Waals surface area contributed by atoms with Gasteiger partial charge in [0.25, 0.3) is 0 Å². The number of hydrogen-bond acceptors (Lipinski definition) is 2. The fourth-order valence-corrected chi connectivity index (χ4v) is 0.450. The second-order valence-corrected chi connectivity index (χ2v) is 1.82. The van der Waals surface area contributed by atoms with Gasteiger partial charge in [0, 0.05) is 25.7 Å². The Balaban J connectivity index is 0.000000218. The van der Waals surface area contributed by atoms with E-state index in [4.69, 9.17) is 0 Å². The highest BCUT2D eigenvalue weighted by Crippen LogP contribution is 1.87. The molecule has 0 aromatic heterocycles. The first-order valence-electron chi connectivity index (χ1n) is 2.93. The van der Waals surface area contributed by atoms with E-state index in [0.717, 1.165) is 6.54 Å². The van der Waals surface area contributed by atoms with Crippen molar-refractivity contribution in [2.45, 2.75) is 6.68 Å². The molecule has 0 spiro atoms. The van der Waals surface area contributed by atoms with Crippen LogP contribution in [0.5, 0.6) is 0 Å². The summed E-state index contributed by atoms with van der Waals surface area (Å²) in [4.78, 5) is 5.94. The average Bonchev–Trinajstić information content (AvgIpc) is 1.87. The van der Waals surface area contributed by atoms with Crippen molar-refractivity contribution in [2.24, 2.45) is 4.99 Å². The number of aliphatic imine (C=N–C) groups is 1. The van der Waals surface area contributed by atoms with Gasteiger partial charge in [-0.05, 0) is 0 Å². The van der Waals surface area contributed by atoms with Crippen LogP contribution in [0.15, 0.2) is 17.4 Å². The number of rotatable bonds is 0. The molecule has 64 valence electrons. The lowest BCUT2D eigenvalue weighted by Crippen LogP contribution is -2.14. The molecular formula is C6H9F3N2. The summed E-state index contributed by atoms with van der Waals surface area (Å²) in [7, 11) is 2.02. The fourth-order valence-electron chi connectivity index (χ4n) is 0.450. The van der Waals surface area contributed by atoms with Gasteiger partial charge in [-0.15, -0.1) is 0 Å². The van der Waals surface area contributed by atoms with E-state index in [9.17, 15) is 13.2 Å². The summed E-state index contributed by atoms with van der Waals surface area (Å²) in [5.41, 5.74) is 0. The SMILES string of the molecule is CN1C=CN=CC1.FC(F)F. The maximum Gasteiger partial charge on any atom is 0.379 e. The van der Waals surface area contributed by atoms with Gasteiger partial charge in [0.05, 0.1) is 6.54 Å². The molecule has 1 aliphatic rings. The third kappa shape index (κ3) is 9.00. The minimum Gasteiger partial charge on any atom is -0.374 e. The van der Waals surface area contributed by atoms with Crippen LogP contribution in [0.4, 0.5) is 13.2 Å². The van der Waals surface area contributed by atoms with E-state index in [2.05, 4.69) is 9.89 Å². The lowest BCUT2D eigenvalue weighted by Gasteiger charge is -2.10. The molecule has 0 N–H and O–H groups in total. The number of nitrogens with zero attached hydrogens (tertiary/aromatic N) is 2. The van der Waals surface area contributed by atoms with Gasteiger partial charge in [-0.2, -0.15) is 13.2 Å². The zero-order chi connectivity index (χ0) is 8.69. The van der Waals surface area contributed by atoms with Crippen LogP contribution in [-0.2, 0) is 0 Å². The van der Waals surface area contributed by atoms with E-state index in [1.807, 2.05) is 19.5 Å². The van der Waals surface area contributed by atoms with Gasteiger partial charge in [0.15, 0.2) is 0 Å². The summed E-state index contributed by atoms with van der Waals surface area (Å²) in [6.07, 6.45) is 5.60. The van der Waals surface area contributed by atoms with Gasteiger partial charge >= 0.3 is 6.68 Å². The zero-order valence-electron chi connectivity index (χ0n) is 6.04. The van der Waals surface area contributed by atoms with Crippen molar-refractivity contribution in [3.05, 3.63) is 12.4 Å². The van der Waals surface area contributed by atoms with Crippen LogP contribution in [-0.4, -0.2) is 31.4 Å². The number of hydrogen-bond donors (Lipinski definition) is 0. The van der Waals surface area contributed by atoms with Crippen LogP contribution < -0.4 is 0 Å². The first-order valence-corrected chi connectivity index (χ1v) is 2.93. The molecule has 0 unspecified atom stereocenters. The molecule has 0 atom stereocenters. The Morgan fingerprint density at radius 1 is 1.45 bits per heavy atom. The number of halogens is 3. The molecule has 1 rings (SSSR count). The molecule has 0 aliphatic carbocycles. The summed E-state index contributed by atoms with van der Waals surface area (Å²) in [6, 6.07) is 0. The Hall–Kier alpha value is -1.00. The highest BCUT2D eigenvalue weighted by molar-refractivity contribution is 5.61. The normalized spacial score (nSPS) is 14.8. The minimum absolute atomic E-state index is 0.941. The first kappa shape index (κ1) is 10.0. The van der Waals surface area contributed by atoms with Crippen molar-refractivity contribution in [1.29, 1.82) is 0 Å². The number of alkyl halides is 3. The Labute approximate surface area is 63.0 Å². The zero-order valence-corrected chi connectivity index (χ0v) is 6.04. The van der Waals surface area contributed by atoms with E-state index in [1.165, 1.54) is 0 Å². The maximum atomic E-state index is 9.67. The van der Waals surface area contributed by atoms with Crippen LogP contribution in [0.25, 0.3) is 0 Å². The van der Waals surface area contributed by atoms with Crippen LogP contribution in [0.3, 0.4) is 0 Å². The molecule has 0 amide bonds. The van der Waals surface area contributed by atoms with Crippen LogP contribution >= 0.6 is 0 Å². The first-order chi connectivity index (χ1) is 5.13. The van der Waals surface area contributed by atoms with Crippen molar-refractivity contribution < 1.29 is 13.2 Å². The highest BCUT2D eigenvalue weighted by atomic mass is 19.4. The van der Waals surface area contributed by atoms with Crippen molar-refractivity contribution in [3.63, 3.8) is 0 Å². The van der Waals surface area contributed by atoms with Crippen LogP contribution in [0.2, 0.25) is 0 Å². The van der Waals surface area contributed by atoms with E-state index < -0.39 is 6.68 Å². The summed E-state index contributed by atoms with van der Waals surface area (Å²) < 4.78 is 29.0. The topological polar surface area (TPSA) is 15.6 Å². The average molecular weight is 166 g/mol. The van der Waals surface area contributed by atoms with Crippen molar-refractivity contribution in [1.82, 2.24) is 4.90 Å². The van der Waals surface area contributed by atoms with Gasteiger partial charge < -0.3 is 4.90 Å². The summed E-state index contributed by atoms with van der Waals surface area (Å²) in [5.74, 6) is 0. The monoisotopic (exact) mass is 166 g/mol. The lowest BCUT2D eigenvalue weighted by molar-refractivity contribution is 0.00819. The fraction of sp³-hybridized carbons (Fsp3) is 0.500. The Kier molecular flexibility index (Phi) is 5.24. The Morgan fingerprint density at radius 2 is 2.00 bits per heavy atom. The van der Waals surface area contributed by atoms with E-state index in [-0.39, 0.29) is 0 Å². The van der Waals surface area contributed by atoms with Crippen molar-refractivity contribution in [2.75, 3.05) is 13.6 Å². The third-order valence-corrected chi connectivity index (χ3v) is 0.882. The molecule has 1 heterocycles. The summed E-state index contributed by atoms with van der Waals surface area (Å²) in [5, 5.41) is 0. The van der Waals surface area contributed by atoms with Gasteiger partial charge in [-0.1, -0.05) is 0 Å². The molecule has 2 nitrogen and oxygen atoms in total. The van der Waals surface area contributed by atoms with Gasteiger partial charge in [-0.3, -0.25) is 4.99 Å². The molecule has 0 saturated carbocycles. The van der Waals surface area contributed by atoms with E-state index >= 15 is 0 Å². The van der Waals surface area contributed by atoms with Crippen LogP contribution in [0, 0.1) is 0 Å². The largest absolute Gasteiger partial charge is 0.379 e. The molecule has 0 saturated heterocycles. The highest BCUT2D eigenvalue weighted by Gasteiger charge is 1.87. The van der Waals surface area contributed by atoms with Gasteiger partial charge in [-0.25, -0.2) is 0 Å². The summed E-state index contributed by atoms with van der Waals surface area (Å²) in [6.45, 7) is -2.73. The van der Waals surface area contributed by atoms with Crippen molar-refractivity contribution >= 4 is 6.21 Å². The molecule has 0 aromatic carbocycles. The molecule has 0 aromatic rings. The molecule has 0 fully saturated rings. The second-order valence-electron chi connectivity index (χ2n) is 1.82. The molecule has 0 bridgehead atoms. The molecular weight excluding hydrogens is 157 g/mol. The van der Waals surface area contributed by atoms with E-state index in [0.29, 0.717) is 0 Å². The standard InChI is InChI=1S/C5H8N2.CHF3/c1-7-4-2-6-3-5-7;2-1(3)4/h2-4H,5H2,1H3;1H. The quantitative estimate of drug-likeness (QED) is 0.534. The van der Waals surface area contributed by atoms with Gasteiger partial charge in [0.2, 0.25) is 0 Å². The molecule has 0 radical (unpaired) electrons. The molecule has 11 heavy (non-hydrogen) atoms. The predicted octanol–water partition coefficient (Wildman–Crippen LogP) is 1.65. The predicted molar refractivity (Wildman–Crippen MR) is 37.4 cm³/mol. The smallest absolute Gasteiger partial charge is 0.374 e. The lowest BCUT2D eigenvalue weighted by atomic mass is 10.6.